The third-order valence-corrected chi connectivity index (χ3v) is 3.21. The van der Waals surface area contributed by atoms with Crippen LogP contribution in [-0.4, -0.2) is 9.91 Å². The van der Waals surface area contributed by atoms with Gasteiger partial charge in [0.25, 0.3) is 5.69 Å². The number of H-pyrrole nitrogens is 1. The molecule has 0 atom stereocenters. The van der Waals surface area contributed by atoms with Gasteiger partial charge in [-0.2, -0.15) is 0 Å². The van der Waals surface area contributed by atoms with E-state index < -0.39 is 0 Å². The van der Waals surface area contributed by atoms with Crippen molar-refractivity contribution in [2.24, 2.45) is 0 Å². The van der Waals surface area contributed by atoms with Gasteiger partial charge in [-0.1, -0.05) is 30.3 Å². The summed E-state index contributed by atoms with van der Waals surface area (Å²) < 4.78 is 0. The van der Waals surface area contributed by atoms with Gasteiger partial charge in [-0.25, -0.2) is 0 Å². The van der Waals surface area contributed by atoms with E-state index in [1.807, 2.05) is 43.3 Å². The Balaban J connectivity index is 2.21. The normalized spacial score (nSPS) is 10.8. The Morgan fingerprint density at radius 1 is 1.11 bits per heavy atom. The number of aryl methyl sites for hydroxylation is 1. The van der Waals surface area contributed by atoms with Crippen LogP contribution in [0.15, 0.2) is 48.5 Å². The number of hydrogen-bond acceptors (Lipinski definition) is 2. The van der Waals surface area contributed by atoms with Crippen LogP contribution >= 0.6 is 0 Å². The summed E-state index contributed by atoms with van der Waals surface area (Å²) in [7, 11) is 0. The van der Waals surface area contributed by atoms with Gasteiger partial charge in [0.1, 0.15) is 0 Å². The summed E-state index contributed by atoms with van der Waals surface area (Å²) in [6.45, 7) is 1.88. The van der Waals surface area contributed by atoms with Crippen LogP contribution in [0, 0.1) is 17.0 Å². The summed E-state index contributed by atoms with van der Waals surface area (Å²) >= 11 is 0. The van der Waals surface area contributed by atoms with Crippen molar-refractivity contribution < 1.29 is 4.92 Å². The number of rotatable bonds is 2. The standard InChI is InChI=1S/C15H12N2O2/c1-10-7-13(17(18)19)8-12-9-14(16-15(10)12)11-5-3-2-4-6-11/h2-9,16H,1H3. The highest BCUT2D eigenvalue weighted by Crippen LogP contribution is 2.29. The van der Waals surface area contributed by atoms with Crippen LogP contribution in [0.1, 0.15) is 5.56 Å². The monoisotopic (exact) mass is 252 g/mol. The number of nitro benzene ring substituents is 1. The third kappa shape index (κ3) is 1.97. The topological polar surface area (TPSA) is 58.9 Å². The van der Waals surface area contributed by atoms with Crippen LogP contribution < -0.4 is 0 Å². The summed E-state index contributed by atoms with van der Waals surface area (Å²) in [6.07, 6.45) is 0. The molecular weight excluding hydrogens is 240 g/mol. The molecule has 1 aromatic heterocycles. The Morgan fingerprint density at radius 2 is 1.84 bits per heavy atom. The molecular formula is C15H12N2O2. The van der Waals surface area contributed by atoms with E-state index in [9.17, 15) is 10.1 Å². The Morgan fingerprint density at radius 3 is 2.53 bits per heavy atom. The molecule has 19 heavy (non-hydrogen) atoms. The molecule has 0 aliphatic heterocycles. The Labute approximate surface area is 109 Å². The molecule has 0 bridgehead atoms. The maximum atomic E-state index is 10.9. The SMILES string of the molecule is Cc1cc([N+](=O)[O-])cc2cc(-c3ccccc3)[nH]c12. The molecule has 0 fully saturated rings. The molecule has 0 unspecified atom stereocenters. The first-order valence-electron chi connectivity index (χ1n) is 5.98. The minimum absolute atomic E-state index is 0.128. The van der Waals surface area contributed by atoms with Gasteiger partial charge < -0.3 is 4.98 Å². The van der Waals surface area contributed by atoms with E-state index in [1.54, 1.807) is 12.1 Å². The first-order chi connectivity index (χ1) is 9.15. The number of nitrogens with zero attached hydrogens (tertiary/aromatic N) is 1. The lowest BCUT2D eigenvalue weighted by atomic mass is 10.1. The number of fused-ring (bicyclic) bond motifs is 1. The van der Waals surface area contributed by atoms with Crippen molar-refractivity contribution in [2.75, 3.05) is 0 Å². The molecule has 0 spiro atoms. The van der Waals surface area contributed by atoms with Crippen molar-refractivity contribution >= 4 is 16.6 Å². The highest BCUT2D eigenvalue weighted by molar-refractivity contribution is 5.90. The van der Waals surface area contributed by atoms with Gasteiger partial charge in [0.15, 0.2) is 0 Å². The summed E-state index contributed by atoms with van der Waals surface area (Å²) in [6, 6.07) is 15.1. The molecule has 0 aliphatic carbocycles. The van der Waals surface area contributed by atoms with Crippen molar-refractivity contribution in [1.82, 2.24) is 4.98 Å². The van der Waals surface area contributed by atoms with Gasteiger partial charge in [0.2, 0.25) is 0 Å². The smallest absolute Gasteiger partial charge is 0.270 e. The third-order valence-electron chi connectivity index (χ3n) is 3.21. The minimum Gasteiger partial charge on any atom is -0.354 e. The lowest BCUT2D eigenvalue weighted by molar-refractivity contribution is -0.384. The molecule has 0 aliphatic rings. The second kappa shape index (κ2) is 4.24. The van der Waals surface area contributed by atoms with Crippen LogP contribution in [0.3, 0.4) is 0 Å². The van der Waals surface area contributed by atoms with Crippen LogP contribution in [-0.2, 0) is 0 Å². The van der Waals surface area contributed by atoms with Crippen LogP contribution in [0.4, 0.5) is 5.69 Å². The first-order valence-corrected chi connectivity index (χ1v) is 5.98. The maximum absolute atomic E-state index is 10.9. The van der Waals surface area contributed by atoms with Gasteiger partial charge in [-0.05, 0) is 24.1 Å². The van der Waals surface area contributed by atoms with Crippen LogP contribution in [0.5, 0.6) is 0 Å². The van der Waals surface area contributed by atoms with Crippen LogP contribution in [0.25, 0.3) is 22.2 Å². The summed E-state index contributed by atoms with van der Waals surface area (Å²) in [5.74, 6) is 0. The lowest BCUT2D eigenvalue weighted by Crippen LogP contribution is -1.88. The largest absolute Gasteiger partial charge is 0.354 e. The number of aromatic amines is 1. The maximum Gasteiger partial charge on any atom is 0.270 e. The molecule has 2 aromatic carbocycles. The fraction of sp³-hybridized carbons (Fsp3) is 0.0667. The summed E-state index contributed by atoms with van der Waals surface area (Å²) in [5.41, 5.74) is 4.00. The van der Waals surface area contributed by atoms with Gasteiger partial charge in [-0.3, -0.25) is 10.1 Å². The van der Waals surface area contributed by atoms with E-state index in [4.69, 9.17) is 0 Å². The zero-order valence-electron chi connectivity index (χ0n) is 10.4. The van der Waals surface area contributed by atoms with Gasteiger partial charge in [-0.15, -0.1) is 0 Å². The Kier molecular flexibility index (Phi) is 2.56. The van der Waals surface area contributed by atoms with Crippen molar-refractivity contribution in [2.45, 2.75) is 6.92 Å². The van der Waals surface area contributed by atoms with Crippen molar-refractivity contribution in [3.63, 3.8) is 0 Å². The van der Waals surface area contributed by atoms with Crippen molar-refractivity contribution in [3.8, 4) is 11.3 Å². The van der Waals surface area contributed by atoms with E-state index in [0.29, 0.717) is 0 Å². The van der Waals surface area contributed by atoms with Gasteiger partial charge in [0, 0.05) is 28.7 Å². The summed E-state index contributed by atoms with van der Waals surface area (Å²) in [4.78, 5) is 13.8. The molecule has 0 saturated heterocycles. The first kappa shape index (κ1) is 11.5. The number of benzene rings is 2. The predicted molar refractivity (Wildman–Crippen MR) is 75.1 cm³/mol. The quantitative estimate of drug-likeness (QED) is 0.552. The highest BCUT2D eigenvalue weighted by atomic mass is 16.6. The van der Waals surface area contributed by atoms with E-state index in [1.165, 1.54) is 0 Å². The molecule has 94 valence electrons. The zero-order chi connectivity index (χ0) is 13.4. The van der Waals surface area contributed by atoms with Crippen molar-refractivity contribution in [1.29, 1.82) is 0 Å². The molecule has 0 amide bonds. The highest BCUT2D eigenvalue weighted by Gasteiger charge is 2.12. The van der Waals surface area contributed by atoms with E-state index in [2.05, 4.69) is 4.98 Å². The number of non-ortho nitro benzene ring substituents is 1. The molecule has 1 N–H and O–H groups in total. The molecule has 0 radical (unpaired) electrons. The number of aromatic nitrogens is 1. The van der Waals surface area contributed by atoms with Crippen molar-refractivity contribution in [3.05, 3.63) is 64.2 Å². The number of nitrogens with one attached hydrogen (secondary N) is 1. The van der Waals surface area contributed by atoms with Crippen LogP contribution in [0.2, 0.25) is 0 Å². The zero-order valence-corrected chi connectivity index (χ0v) is 10.4. The summed E-state index contributed by atoms with van der Waals surface area (Å²) in [5, 5.41) is 11.7. The molecule has 0 saturated carbocycles. The molecule has 3 rings (SSSR count). The fourth-order valence-corrected chi connectivity index (χ4v) is 2.28. The molecule has 1 heterocycles. The second-order valence-electron chi connectivity index (χ2n) is 4.53. The average molecular weight is 252 g/mol. The molecule has 3 aromatic rings. The van der Waals surface area contributed by atoms with E-state index >= 15 is 0 Å². The van der Waals surface area contributed by atoms with Gasteiger partial charge in [0.05, 0.1) is 4.92 Å². The number of nitro groups is 1. The molecule has 4 nitrogen and oxygen atoms in total. The second-order valence-corrected chi connectivity index (χ2v) is 4.53. The molecule has 4 heteroatoms. The Hall–Kier alpha value is -2.62. The average Bonchev–Trinajstić information content (AvgIpc) is 2.84. The number of hydrogen-bond donors (Lipinski definition) is 1. The lowest BCUT2D eigenvalue weighted by Gasteiger charge is -1.97. The van der Waals surface area contributed by atoms with E-state index in [-0.39, 0.29) is 10.6 Å². The van der Waals surface area contributed by atoms with Gasteiger partial charge >= 0.3 is 0 Å². The minimum atomic E-state index is -0.359. The Bertz CT molecular complexity index is 760. The fourth-order valence-electron chi connectivity index (χ4n) is 2.28. The van der Waals surface area contributed by atoms with E-state index in [0.717, 1.165) is 27.7 Å². The predicted octanol–water partition coefficient (Wildman–Crippen LogP) is 4.05.